The van der Waals surface area contributed by atoms with Crippen LogP contribution < -0.4 is 21.7 Å². The van der Waals surface area contributed by atoms with Crippen molar-refractivity contribution in [1.82, 2.24) is 0 Å². The van der Waals surface area contributed by atoms with Crippen LogP contribution in [0.1, 0.15) is 12.8 Å². The molecule has 2 rings (SSSR count). The average Bonchev–Trinajstić information content (AvgIpc) is 2.79. The molecule has 3 nitrogen and oxygen atoms in total. The summed E-state index contributed by atoms with van der Waals surface area (Å²) in [5.41, 5.74) is 0. The second kappa shape index (κ2) is 8.44. The second-order valence-corrected chi connectivity index (χ2v) is 6.22. The zero-order valence-electron chi connectivity index (χ0n) is 11.0. The van der Waals surface area contributed by atoms with Crippen LogP contribution in [0.4, 0.5) is 0 Å². The van der Waals surface area contributed by atoms with Crippen molar-refractivity contribution in [1.29, 1.82) is 0 Å². The molecule has 0 amide bonds. The van der Waals surface area contributed by atoms with Gasteiger partial charge in [0, 0.05) is 16.4 Å². The van der Waals surface area contributed by atoms with Gasteiger partial charge in [-0.25, -0.2) is 0 Å². The highest BCUT2D eigenvalue weighted by atomic mass is 127. The van der Waals surface area contributed by atoms with Gasteiger partial charge in [0.1, 0.15) is 25.4 Å². The number of ether oxygens (including phenoxy) is 1. The lowest BCUT2D eigenvalue weighted by Crippen LogP contribution is -3.00. The Morgan fingerprint density at radius 2 is 1.95 bits per heavy atom. The first kappa shape index (κ1) is 17.2. The fourth-order valence-corrected chi connectivity index (χ4v) is 3.21. The summed E-state index contributed by atoms with van der Waals surface area (Å²) >= 11 is 2.29. The summed E-state index contributed by atoms with van der Waals surface area (Å²) < 4.78 is 8.05. The average molecular weight is 442 g/mol. The van der Waals surface area contributed by atoms with Gasteiger partial charge in [0.2, 0.25) is 0 Å². The highest BCUT2D eigenvalue weighted by Crippen LogP contribution is 2.19. The van der Waals surface area contributed by atoms with E-state index in [1.807, 2.05) is 12.1 Å². The minimum atomic E-state index is 0. The molecule has 0 aromatic heterocycles. The lowest BCUT2D eigenvalue weighted by molar-refractivity contribution is -0.917. The molecule has 108 valence electrons. The molecule has 5 heteroatoms. The van der Waals surface area contributed by atoms with Gasteiger partial charge >= 0.3 is 0 Å². The van der Waals surface area contributed by atoms with Crippen LogP contribution in [0.15, 0.2) is 24.3 Å². The number of likely N-dealkylation sites (tertiary alicyclic amines) is 1. The monoisotopic (exact) mass is 441 g/mol. The van der Waals surface area contributed by atoms with Crippen LogP contribution in [-0.4, -0.2) is 49.0 Å². The number of nitrogens with zero attached hydrogens (tertiary/aromatic N) is 1. The number of aliphatic hydroxyl groups excluding tert-OH is 1. The van der Waals surface area contributed by atoms with E-state index in [0.29, 0.717) is 0 Å². The molecular formula is C14H21BrINO2. The zero-order chi connectivity index (χ0) is 12.8. The predicted octanol–water partition coefficient (Wildman–Crippen LogP) is -0.723. The van der Waals surface area contributed by atoms with Crippen molar-refractivity contribution in [2.24, 2.45) is 0 Å². The quantitative estimate of drug-likeness (QED) is 0.466. The molecule has 1 aromatic rings. The van der Waals surface area contributed by atoms with E-state index in [1.165, 1.54) is 29.5 Å². The Kier molecular flexibility index (Phi) is 7.64. The van der Waals surface area contributed by atoms with Gasteiger partial charge in [-0.05, 0) is 40.8 Å². The van der Waals surface area contributed by atoms with Crippen LogP contribution >= 0.6 is 22.6 Å². The molecule has 1 saturated heterocycles. The summed E-state index contributed by atoms with van der Waals surface area (Å²) in [7, 11) is 0. The van der Waals surface area contributed by atoms with Gasteiger partial charge < -0.3 is 31.3 Å². The van der Waals surface area contributed by atoms with Gasteiger partial charge in [-0.1, -0.05) is 6.07 Å². The maximum Gasteiger partial charge on any atom is 0.137 e. The third kappa shape index (κ3) is 5.21. The lowest BCUT2D eigenvalue weighted by Gasteiger charge is -2.33. The van der Waals surface area contributed by atoms with Gasteiger partial charge in [-0.15, -0.1) is 0 Å². The SMILES string of the molecule is OCC[N+]1(CCOc2cccc(I)c2)CCCC1.[Br-]. The van der Waals surface area contributed by atoms with Crippen molar-refractivity contribution < 1.29 is 31.3 Å². The van der Waals surface area contributed by atoms with E-state index >= 15 is 0 Å². The largest absolute Gasteiger partial charge is 1.00 e. The molecule has 1 N–H and O–H groups in total. The van der Waals surface area contributed by atoms with E-state index in [9.17, 15) is 5.11 Å². The van der Waals surface area contributed by atoms with Gasteiger partial charge in [0.05, 0.1) is 19.7 Å². The van der Waals surface area contributed by atoms with Gasteiger partial charge in [0.25, 0.3) is 0 Å². The van der Waals surface area contributed by atoms with E-state index in [2.05, 4.69) is 34.7 Å². The third-order valence-corrected chi connectivity index (χ3v) is 4.39. The summed E-state index contributed by atoms with van der Waals surface area (Å²) in [5.74, 6) is 0.947. The fraction of sp³-hybridized carbons (Fsp3) is 0.571. The summed E-state index contributed by atoms with van der Waals surface area (Å²) in [4.78, 5) is 0. The Bertz CT molecular complexity index is 383. The molecule has 19 heavy (non-hydrogen) atoms. The van der Waals surface area contributed by atoms with Crippen LogP contribution in [0.25, 0.3) is 0 Å². The van der Waals surface area contributed by atoms with Gasteiger partial charge in [0.15, 0.2) is 0 Å². The van der Waals surface area contributed by atoms with Crippen molar-refractivity contribution in [3.05, 3.63) is 27.8 Å². The molecular weight excluding hydrogens is 421 g/mol. The van der Waals surface area contributed by atoms with E-state index in [1.54, 1.807) is 0 Å². The highest BCUT2D eigenvalue weighted by Gasteiger charge is 2.30. The van der Waals surface area contributed by atoms with Crippen molar-refractivity contribution in [3.63, 3.8) is 0 Å². The fourth-order valence-electron chi connectivity index (χ4n) is 2.69. The molecule has 0 saturated carbocycles. The number of quaternary nitrogens is 1. The second-order valence-electron chi connectivity index (χ2n) is 4.97. The summed E-state index contributed by atoms with van der Waals surface area (Å²) in [6.07, 6.45) is 2.56. The van der Waals surface area contributed by atoms with E-state index in [-0.39, 0.29) is 23.6 Å². The summed E-state index contributed by atoms with van der Waals surface area (Å²) in [6, 6.07) is 8.14. The van der Waals surface area contributed by atoms with Crippen LogP contribution in [0.5, 0.6) is 5.75 Å². The molecule has 1 aliphatic rings. The third-order valence-electron chi connectivity index (χ3n) is 3.72. The molecule has 1 aromatic carbocycles. The standard InChI is InChI=1S/C14H21INO2.BrH/c15-13-4-3-5-14(12-13)18-11-9-16(8-10-17)6-1-2-7-16;/h3-5,12,17H,1-2,6-11H2;1H/q+1;/p-1. The van der Waals surface area contributed by atoms with Crippen LogP contribution in [0, 0.1) is 3.57 Å². The summed E-state index contributed by atoms with van der Waals surface area (Å²) in [5, 5.41) is 9.19. The van der Waals surface area contributed by atoms with Gasteiger partial charge in [-0.2, -0.15) is 0 Å². The van der Waals surface area contributed by atoms with Crippen LogP contribution in [0.3, 0.4) is 0 Å². The number of hydrogen-bond acceptors (Lipinski definition) is 2. The first-order valence-corrected chi connectivity index (χ1v) is 7.66. The van der Waals surface area contributed by atoms with Crippen molar-refractivity contribution in [2.75, 3.05) is 39.4 Å². The number of aliphatic hydroxyl groups is 1. The van der Waals surface area contributed by atoms with Crippen LogP contribution in [0.2, 0.25) is 0 Å². The maximum atomic E-state index is 9.19. The molecule has 0 radical (unpaired) electrons. The van der Waals surface area contributed by atoms with E-state index in [4.69, 9.17) is 4.74 Å². The van der Waals surface area contributed by atoms with Crippen molar-refractivity contribution in [2.45, 2.75) is 12.8 Å². The first-order chi connectivity index (χ1) is 8.74. The minimum Gasteiger partial charge on any atom is -1.00 e. The Morgan fingerprint density at radius 3 is 2.58 bits per heavy atom. The highest BCUT2D eigenvalue weighted by molar-refractivity contribution is 14.1. The zero-order valence-corrected chi connectivity index (χ0v) is 14.8. The predicted molar refractivity (Wildman–Crippen MR) is 80.7 cm³/mol. The van der Waals surface area contributed by atoms with Crippen LogP contribution in [-0.2, 0) is 0 Å². The minimum absolute atomic E-state index is 0. The number of benzene rings is 1. The molecule has 0 unspecified atom stereocenters. The molecule has 0 atom stereocenters. The molecule has 1 fully saturated rings. The molecule has 0 bridgehead atoms. The smallest absolute Gasteiger partial charge is 0.137 e. The lowest BCUT2D eigenvalue weighted by atomic mass is 10.3. The topological polar surface area (TPSA) is 29.5 Å². The van der Waals surface area contributed by atoms with E-state index < -0.39 is 0 Å². The number of halogens is 2. The molecule has 0 spiro atoms. The maximum absolute atomic E-state index is 9.19. The van der Waals surface area contributed by atoms with Gasteiger partial charge in [-0.3, -0.25) is 0 Å². The normalized spacial score (nSPS) is 16.9. The van der Waals surface area contributed by atoms with Crippen molar-refractivity contribution >= 4 is 22.6 Å². The molecule has 0 aliphatic carbocycles. The Hall–Kier alpha value is 0.150. The Labute approximate surface area is 139 Å². The Morgan fingerprint density at radius 1 is 1.21 bits per heavy atom. The van der Waals surface area contributed by atoms with Crippen molar-refractivity contribution in [3.8, 4) is 5.75 Å². The Balaban J connectivity index is 0.00000180. The number of rotatable bonds is 6. The molecule has 1 heterocycles. The summed E-state index contributed by atoms with van der Waals surface area (Å²) in [6.45, 7) is 5.28. The molecule has 1 aliphatic heterocycles. The van der Waals surface area contributed by atoms with E-state index in [0.717, 1.165) is 29.9 Å². The first-order valence-electron chi connectivity index (χ1n) is 6.58. The number of hydrogen-bond donors (Lipinski definition) is 1.